The highest BCUT2D eigenvalue weighted by Crippen LogP contribution is 2.57. The van der Waals surface area contributed by atoms with E-state index in [1.807, 2.05) is 109 Å². The third-order valence-corrected chi connectivity index (χ3v) is 11.0. The van der Waals surface area contributed by atoms with E-state index in [1.165, 1.54) is 0 Å². The Bertz CT molecular complexity index is 2220. The molecule has 0 bridgehead atoms. The molecule has 2 aliphatic heterocycles. The van der Waals surface area contributed by atoms with E-state index >= 15 is 0 Å². The van der Waals surface area contributed by atoms with E-state index in [0.29, 0.717) is 86.4 Å². The molecule has 4 nitrogen and oxygen atoms in total. The average molecular weight is 797 g/mol. The molecule has 0 unspecified atom stereocenters. The standard InChI is InChI=1S/C42H24Cl6N4/c43-31-19-7-1-13-25(31)37-38(26-14-2-8-20-32(26)44)50-41(49-37,29-17-5-11-23-35(29)47)42(30-18-6-12-24-36(30)48)51-39(27-15-3-9-21-33(27)45)40(52-42)28-16-4-10-22-34(28)46/h1-24H. The van der Waals surface area contributed by atoms with Gasteiger partial charge in [-0.3, -0.25) is 0 Å². The monoisotopic (exact) mass is 794 g/mol. The molecule has 2 heterocycles. The summed E-state index contributed by atoms with van der Waals surface area (Å²) in [6.45, 7) is 0. The fourth-order valence-electron chi connectivity index (χ4n) is 6.69. The Kier molecular flexibility index (Phi) is 9.33. The quantitative estimate of drug-likeness (QED) is 0.154. The van der Waals surface area contributed by atoms with E-state index in [1.54, 1.807) is 36.4 Å². The lowest BCUT2D eigenvalue weighted by molar-refractivity contribution is 0.257. The zero-order chi connectivity index (χ0) is 36.0. The van der Waals surface area contributed by atoms with Crippen LogP contribution in [0.4, 0.5) is 0 Å². The first-order valence-electron chi connectivity index (χ1n) is 16.1. The predicted octanol–water partition coefficient (Wildman–Crippen LogP) is 12.6. The molecule has 0 spiro atoms. The summed E-state index contributed by atoms with van der Waals surface area (Å²) in [5.41, 5.74) is 2.02. The molecule has 254 valence electrons. The topological polar surface area (TPSA) is 49.4 Å². The largest absolute Gasteiger partial charge is 0.243 e. The Balaban J connectivity index is 1.59. The molecule has 2 aliphatic rings. The summed E-state index contributed by atoms with van der Waals surface area (Å²) in [5.74, 6) is 0. The first-order valence-corrected chi connectivity index (χ1v) is 18.4. The highest BCUT2D eigenvalue weighted by molar-refractivity contribution is 6.59. The van der Waals surface area contributed by atoms with Crippen molar-refractivity contribution in [2.75, 3.05) is 0 Å². The maximum atomic E-state index is 7.21. The minimum atomic E-state index is -1.73. The van der Waals surface area contributed by atoms with Crippen LogP contribution in [0.2, 0.25) is 30.1 Å². The number of rotatable bonds is 7. The Morgan fingerprint density at radius 1 is 0.269 bits per heavy atom. The van der Waals surface area contributed by atoms with Crippen LogP contribution in [0.15, 0.2) is 166 Å². The summed E-state index contributed by atoms with van der Waals surface area (Å²) in [6, 6.07) is 44.6. The summed E-state index contributed by atoms with van der Waals surface area (Å²) in [6.07, 6.45) is 0. The highest BCUT2D eigenvalue weighted by atomic mass is 35.5. The molecule has 0 saturated heterocycles. The molecule has 0 atom stereocenters. The van der Waals surface area contributed by atoms with E-state index < -0.39 is 11.3 Å². The van der Waals surface area contributed by atoms with Gasteiger partial charge in [0.25, 0.3) is 0 Å². The zero-order valence-corrected chi connectivity index (χ0v) is 31.4. The van der Waals surface area contributed by atoms with Crippen molar-refractivity contribution < 1.29 is 0 Å². The van der Waals surface area contributed by atoms with Gasteiger partial charge < -0.3 is 0 Å². The van der Waals surface area contributed by atoms with Crippen molar-refractivity contribution in [3.8, 4) is 0 Å². The Labute approximate surface area is 330 Å². The van der Waals surface area contributed by atoms with Gasteiger partial charge in [0.15, 0.2) is 0 Å². The van der Waals surface area contributed by atoms with E-state index in [-0.39, 0.29) is 0 Å². The van der Waals surface area contributed by atoms with Gasteiger partial charge in [-0.1, -0.05) is 179 Å². The summed E-state index contributed by atoms with van der Waals surface area (Å²) in [4.78, 5) is 22.4. The maximum Gasteiger partial charge on any atom is 0.227 e. The molecule has 0 radical (unpaired) electrons. The molecular weight excluding hydrogens is 773 g/mol. The first kappa shape index (κ1) is 34.8. The van der Waals surface area contributed by atoms with Crippen molar-refractivity contribution in [1.82, 2.24) is 0 Å². The molecule has 0 fully saturated rings. The van der Waals surface area contributed by atoms with Gasteiger partial charge >= 0.3 is 0 Å². The van der Waals surface area contributed by atoms with Gasteiger partial charge in [-0.2, -0.15) is 0 Å². The van der Waals surface area contributed by atoms with Gasteiger partial charge in [0, 0.05) is 43.4 Å². The molecule has 8 rings (SSSR count). The average Bonchev–Trinajstić information content (AvgIpc) is 3.75. The molecular formula is C42H24Cl6N4. The second-order valence-electron chi connectivity index (χ2n) is 12.1. The van der Waals surface area contributed by atoms with Gasteiger partial charge in [-0.15, -0.1) is 0 Å². The molecule has 6 aromatic carbocycles. The lowest BCUT2D eigenvalue weighted by Gasteiger charge is -2.39. The number of hydrogen-bond acceptors (Lipinski definition) is 4. The zero-order valence-electron chi connectivity index (χ0n) is 26.9. The number of benzene rings is 6. The fraction of sp³-hybridized carbons (Fsp3) is 0.0476. The number of nitrogens with zero attached hydrogens (tertiary/aromatic N) is 4. The molecule has 6 aromatic rings. The highest BCUT2D eigenvalue weighted by Gasteiger charge is 2.62. The van der Waals surface area contributed by atoms with Crippen LogP contribution >= 0.6 is 69.6 Å². The summed E-state index contributed by atoms with van der Waals surface area (Å²) in [5, 5.41) is 2.64. The van der Waals surface area contributed by atoms with E-state index in [9.17, 15) is 0 Å². The lowest BCUT2D eigenvalue weighted by Crippen LogP contribution is -2.43. The Morgan fingerprint density at radius 2 is 0.481 bits per heavy atom. The summed E-state index contributed by atoms with van der Waals surface area (Å²) < 4.78 is 0. The normalized spacial score (nSPS) is 15.9. The van der Waals surface area contributed by atoms with Gasteiger partial charge in [0.2, 0.25) is 11.3 Å². The Morgan fingerprint density at radius 3 is 0.712 bits per heavy atom. The lowest BCUT2D eigenvalue weighted by atomic mass is 9.82. The third kappa shape index (κ3) is 5.70. The van der Waals surface area contributed by atoms with Crippen LogP contribution in [0.3, 0.4) is 0 Å². The maximum absolute atomic E-state index is 7.21. The van der Waals surface area contributed by atoms with E-state index in [0.717, 1.165) is 0 Å². The van der Waals surface area contributed by atoms with Crippen LogP contribution in [-0.2, 0) is 11.3 Å². The molecule has 0 N–H and O–H groups in total. The van der Waals surface area contributed by atoms with Gasteiger partial charge in [-0.05, 0) is 36.4 Å². The van der Waals surface area contributed by atoms with Gasteiger partial charge in [-0.25, -0.2) is 20.0 Å². The van der Waals surface area contributed by atoms with E-state index in [2.05, 4.69) is 0 Å². The summed E-state index contributed by atoms with van der Waals surface area (Å²) in [7, 11) is 0. The van der Waals surface area contributed by atoms with Gasteiger partial charge in [0.1, 0.15) is 0 Å². The smallest absolute Gasteiger partial charge is 0.227 e. The SMILES string of the molecule is Clc1ccccc1C1=NC(c2ccccc2Cl)(C2(c3ccccc3Cl)N=C(c3ccccc3Cl)C(c3ccccc3Cl)=N2)N=C1c1ccccc1Cl. The Hall–Kier alpha value is -4.26. The van der Waals surface area contributed by atoms with Crippen LogP contribution < -0.4 is 0 Å². The third-order valence-electron chi connectivity index (χ3n) is 9.04. The molecule has 52 heavy (non-hydrogen) atoms. The van der Waals surface area contributed by atoms with Crippen LogP contribution in [0.25, 0.3) is 0 Å². The van der Waals surface area contributed by atoms with Crippen LogP contribution in [0.5, 0.6) is 0 Å². The number of aliphatic imine (C=N–C) groups is 4. The summed E-state index contributed by atoms with van der Waals surface area (Å²) >= 11 is 42.2. The van der Waals surface area contributed by atoms with Crippen molar-refractivity contribution in [2.45, 2.75) is 11.3 Å². The van der Waals surface area contributed by atoms with Crippen LogP contribution in [0, 0.1) is 0 Å². The van der Waals surface area contributed by atoms with Crippen molar-refractivity contribution in [3.63, 3.8) is 0 Å². The molecule has 0 aliphatic carbocycles. The van der Waals surface area contributed by atoms with E-state index in [4.69, 9.17) is 89.6 Å². The minimum absolute atomic E-state index is 0.385. The number of hydrogen-bond donors (Lipinski definition) is 0. The second-order valence-corrected chi connectivity index (χ2v) is 14.5. The fourth-order valence-corrected chi connectivity index (χ4v) is 8.13. The van der Waals surface area contributed by atoms with Gasteiger partial charge in [0.05, 0.1) is 42.9 Å². The second kappa shape index (κ2) is 13.9. The van der Waals surface area contributed by atoms with Crippen molar-refractivity contribution in [2.24, 2.45) is 20.0 Å². The molecule has 0 saturated carbocycles. The van der Waals surface area contributed by atoms with Crippen molar-refractivity contribution in [1.29, 1.82) is 0 Å². The van der Waals surface area contributed by atoms with Crippen LogP contribution in [0.1, 0.15) is 33.4 Å². The number of halogens is 6. The van der Waals surface area contributed by atoms with Crippen LogP contribution in [-0.4, -0.2) is 22.8 Å². The molecule has 10 heteroatoms. The predicted molar refractivity (Wildman–Crippen MR) is 218 cm³/mol. The first-order chi connectivity index (χ1) is 25.2. The van der Waals surface area contributed by atoms with Crippen molar-refractivity contribution in [3.05, 3.63) is 209 Å². The van der Waals surface area contributed by atoms with Crippen molar-refractivity contribution >= 4 is 92.5 Å². The minimum Gasteiger partial charge on any atom is -0.243 e. The molecule has 0 amide bonds. The molecule has 0 aromatic heterocycles.